The molecular weight excluding hydrogens is 214 g/mol. The average Bonchev–Trinajstić information content (AvgIpc) is 2.71. The first-order valence-corrected chi connectivity index (χ1v) is 6.39. The summed E-state index contributed by atoms with van der Waals surface area (Å²) < 4.78 is 6.92. The molecule has 0 radical (unpaired) electrons. The molecule has 0 aliphatic heterocycles. The summed E-state index contributed by atoms with van der Waals surface area (Å²) >= 11 is 0. The Hall–Kier alpha value is -1.03. The van der Waals surface area contributed by atoms with Crippen LogP contribution in [-0.2, 0) is 11.3 Å². The third-order valence-electron chi connectivity index (χ3n) is 2.75. The zero-order chi connectivity index (χ0) is 12.7. The fraction of sp³-hybridized carbons (Fsp3) is 0.769. The summed E-state index contributed by atoms with van der Waals surface area (Å²) in [5.74, 6) is 0.767. The van der Waals surface area contributed by atoms with E-state index in [1.54, 1.807) is 7.11 Å². The van der Waals surface area contributed by atoms with Crippen LogP contribution in [0.3, 0.4) is 0 Å². The Balaban J connectivity index is 2.32. The third-order valence-corrected chi connectivity index (χ3v) is 2.75. The van der Waals surface area contributed by atoms with E-state index in [1.807, 2.05) is 17.1 Å². The Bertz CT molecular complexity index is 309. The molecule has 0 aliphatic carbocycles. The second-order valence-electron chi connectivity index (χ2n) is 5.00. The van der Waals surface area contributed by atoms with E-state index in [9.17, 15) is 0 Å². The van der Waals surface area contributed by atoms with E-state index in [-0.39, 0.29) is 0 Å². The lowest BCUT2D eigenvalue weighted by atomic mass is 10.0. The second kappa shape index (κ2) is 7.33. The molecule has 0 aromatic carbocycles. The summed E-state index contributed by atoms with van der Waals surface area (Å²) in [6.07, 6.45) is 6.36. The van der Waals surface area contributed by atoms with Crippen molar-refractivity contribution in [3.05, 3.63) is 12.4 Å². The molecule has 1 aromatic heterocycles. The molecule has 1 N–H and O–H groups in total. The summed E-state index contributed by atoms with van der Waals surface area (Å²) in [4.78, 5) is 0. The van der Waals surface area contributed by atoms with Crippen molar-refractivity contribution in [2.45, 2.75) is 46.2 Å². The zero-order valence-electron chi connectivity index (χ0n) is 11.4. The van der Waals surface area contributed by atoms with Crippen molar-refractivity contribution in [2.75, 3.05) is 19.0 Å². The largest absolute Gasteiger partial charge is 0.383 e. The number of hydrogen-bond donors (Lipinski definition) is 1. The van der Waals surface area contributed by atoms with Gasteiger partial charge in [-0.15, -0.1) is 0 Å². The van der Waals surface area contributed by atoms with Crippen LogP contribution in [0.1, 0.15) is 33.6 Å². The van der Waals surface area contributed by atoms with Gasteiger partial charge >= 0.3 is 0 Å². The minimum atomic E-state index is 0.498. The summed E-state index contributed by atoms with van der Waals surface area (Å²) in [7, 11) is 1.71. The van der Waals surface area contributed by atoms with Crippen LogP contribution >= 0.6 is 0 Å². The van der Waals surface area contributed by atoms with Crippen LogP contribution in [0.5, 0.6) is 0 Å². The summed E-state index contributed by atoms with van der Waals surface area (Å²) in [6.45, 7) is 8.24. The fourth-order valence-corrected chi connectivity index (χ4v) is 1.69. The van der Waals surface area contributed by atoms with Gasteiger partial charge in [0, 0.05) is 19.3 Å². The molecule has 1 aromatic rings. The summed E-state index contributed by atoms with van der Waals surface area (Å²) in [6, 6.07) is 0.498. The molecule has 0 amide bonds. The van der Waals surface area contributed by atoms with Gasteiger partial charge in [0.25, 0.3) is 0 Å². The van der Waals surface area contributed by atoms with Crippen LogP contribution in [0.25, 0.3) is 0 Å². The number of nitrogens with zero attached hydrogens (tertiary/aromatic N) is 2. The lowest BCUT2D eigenvalue weighted by Crippen LogP contribution is -2.15. The number of hydrogen-bond acceptors (Lipinski definition) is 3. The normalized spacial score (nSPS) is 13.0. The number of aromatic nitrogens is 2. The molecule has 0 saturated heterocycles. The topological polar surface area (TPSA) is 39.1 Å². The Morgan fingerprint density at radius 2 is 2.12 bits per heavy atom. The van der Waals surface area contributed by atoms with Gasteiger partial charge in [0.05, 0.1) is 25.0 Å². The third kappa shape index (κ3) is 5.73. The monoisotopic (exact) mass is 239 g/mol. The van der Waals surface area contributed by atoms with E-state index in [0.29, 0.717) is 12.6 Å². The molecule has 0 saturated carbocycles. The van der Waals surface area contributed by atoms with E-state index in [2.05, 4.69) is 31.2 Å². The van der Waals surface area contributed by atoms with Gasteiger partial charge in [-0.25, -0.2) is 0 Å². The van der Waals surface area contributed by atoms with Gasteiger partial charge in [-0.1, -0.05) is 13.8 Å². The Labute approximate surface area is 104 Å². The molecule has 1 rings (SSSR count). The minimum absolute atomic E-state index is 0.498. The molecular formula is C13H25N3O. The highest BCUT2D eigenvalue weighted by atomic mass is 16.5. The molecule has 4 nitrogen and oxygen atoms in total. The van der Waals surface area contributed by atoms with Crippen molar-refractivity contribution in [1.29, 1.82) is 0 Å². The number of methoxy groups -OCH3 is 1. The SMILES string of the molecule is COCCn1cc(NC(C)CCC(C)C)cn1. The van der Waals surface area contributed by atoms with Crippen molar-refractivity contribution in [1.82, 2.24) is 9.78 Å². The van der Waals surface area contributed by atoms with Crippen LogP contribution in [0, 0.1) is 5.92 Å². The van der Waals surface area contributed by atoms with Crippen LogP contribution < -0.4 is 5.32 Å². The highest BCUT2D eigenvalue weighted by molar-refractivity contribution is 5.38. The Morgan fingerprint density at radius 3 is 2.76 bits per heavy atom. The van der Waals surface area contributed by atoms with E-state index in [0.717, 1.165) is 18.2 Å². The predicted molar refractivity (Wildman–Crippen MR) is 71.3 cm³/mol. The van der Waals surface area contributed by atoms with Gasteiger partial charge in [-0.2, -0.15) is 5.10 Å². The number of ether oxygens (including phenoxy) is 1. The average molecular weight is 239 g/mol. The minimum Gasteiger partial charge on any atom is -0.383 e. The predicted octanol–water partition coefficient (Wildman–Crippen LogP) is 2.77. The Kier molecular flexibility index (Phi) is 6.05. The summed E-state index contributed by atoms with van der Waals surface area (Å²) in [5, 5.41) is 7.75. The molecule has 0 spiro atoms. The number of anilines is 1. The van der Waals surface area contributed by atoms with Gasteiger partial charge in [-0.05, 0) is 25.7 Å². The molecule has 0 aliphatic rings. The highest BCUT2D eigenvalue weighted by Crippen LogP contribution is 2.12. The van der Waals surface area contributed by atoms with Crippen molar-refractivity contribution in [2.24, 2.45) is 5.92 Å². The molecule has 1 unspecified atom stereocenters. The summed E-state index contributed by atoms with van der Waals surface area (Å²) in [5.41, 5.74) is 1.09. The standard InChI is InChI=1S/C13H25N3O/c1-11(2)5-6-12(3)15-13-9-14-16(10-13)7-8-17-4/h9-12,15H,5-8H2,1-4H3. The van der Waals surface area contributed by atoms with E-state index < -0.39 is 0 Å². The van der Waals surface area contributed by atoms with Crippen LogP contribution in [-0.4, -0.2) is 29.5 Å². The quantitative estimate of drug-likeness (QED) is 0.758. The fourth-order valence-electron chi connectivity index (χ4n) is 1.69. The second-order valence-corrected chi connectivity index (χ2v) is 5.00. The maximum absolute atomic E-state index is 5.02. The maximum Gasteiger partial charge on any atom is 0.0728 e. The van der Waals surface area contributed by atoms with E-state index in [1.165, 1.54) is 12.8 Å². The number of nitrogens with one attached hydrogen (secondary N) is 1. The van der Waals surface area contributed by atoms with Gasteiger partial charge in [-0.3, -0.25) is 4.68 Å². The Morgan fingerprint density at radius 1 is 1.35 bits per heavy atom. The first kappa shape index (κ1) is 14.0. The van der Waals surface area contributed by atoms with Gasteiger partial charge in [0.1, 0.15) is 0 Å². The molecule has 0 bridgehead atoms. The molecule has 17 heavy (non-hydrogen) atoms. The van der Waals surface area contributed by atoms with Crippen molar-refractivity contribution < 1.29 is 4.74 Å². The molecule has 4 heteroatoms. The van der Waals surface area contributed by atoms with Crippen molar-refractivity contribution >= 4 is 5.69 Å². The molecule has 98 valence electrons. The van der Waals surface area contributed by atoms with E-state index >= 15 is 0 Å². The molecule has 1 atom stereocenters. The van der Waals surface area contributed by atoms with E-state index in [4.69, 9.17) is 4.74 Å². The lowest BCUT2D eigenvalue weighted by Gasteiger charge is -2.14. The van der Waals surface area contributed by atoms with Crippen molar-refractivity contribution in [3.63, 3.8) is 0 Å². The van der Waals surface area contributed by atoms with Gasteiger partial charge < -0.3 is 10.1 Å². The zero-order valence-corrected chi connectivity index (χ0v) is 11.4. The van der Waals surface area contributed by atoms with Crippen LogP contribution in [0.2, 0.25) is 0 Å². The first-order chi connectivity index (χ1) is 8.11. The van der Waals surface area contributed by atoms with Gasteiger partial charge in [0.15, 0.2) is 0 Å². The highest BCUT2D eigenvalue weighted by Gasteiger charge is 2.05. The van der Waals surface area contributed by atoms with Crippen molar-refractivity contribution in [3.8, 4) is 0 Å². The molecule has 1 heterocycles. The van der Waals surface area contributed by atoms with Gasteiger partial charge in [0.2, 0.25) is 0 Å². The van der Waals surface area contributed by atoms with Crippen LogP contribution in [0.15, 0.2) is 12.4 Å². The first-order valence-electron chi connectivity index (χ1n) is 6.39. The lowest BCUT2D eigenvalue weighted by molar-refractivity contribution is 0.183. The number of rotatable bonds is 8. The molecule has 0 fully saturated rings. The smallest absolute Gasteiger partial charge is 0.0728 e. The van der Waals surface area contributed by atoms with Crippen LogP contribution in [0.4, 0.5) is 5.69 Å². The maximum atomic E-state index is 5.02.